The second-order valence-corrected chi connectivity index (χ2v) is 4.94. The number of nitrogens with zero attached hydrogens (tertiary/aromatic N) is 3. The molecule has 0 aliphatic carbocycles. The second kappa shape index (κ2) is 6.00. The number of ether oxygens (including phenoxy) is 1. The molecule has 2 aromatic rings. The van der Waals surface area contributed by atoms with E-state index in [4.69, 9.17) is 4.74 Å². The molecule has 7 nitrogen and oxygen atoms in total. The summed E-state index contributed by atoms with van der Waals surface area (Å²) in [6, 6.07) is 2.90. The van der Waals surface area contributed by atoms with Crippen molar-refractivity contribution < 1.29 is 14.1 Å². The van der Waals surface area contributed by atoms with Gasteiger partial charge >= 0.3 is 5.69 Å². The Morgan fingerprint density at radius 3 is 2.81 bits per heavy atom. The zero-order valence-corrected chi connectivity index (χ0v) is 12.6. The fraction of sp³-hybridized carbons (Fsp3) is 0.167. The molecule has 1 aromatic carbocycles. The predicted molar refractivity (Wildman–Crippen MR) is 77.1 cm³/mol. The van der Waals surface area contributed by atoms with Crippen molar-refractivity contribution in [1.29, 1.82) is 0 Å². The van der Waals surface area contributed by atoms with Crippen molar-refractivity contribution in [2.24, 2.45) is 0 Å². The van der Waals surface area contributed by atoms with Gasteiger partial charge in [-0.3, -0.25) is 10.1 Å². The number of nitro benzene ring substituents is 1. The van der Waals surface area contributed by atoms with Crippen molar-refractivity contribution in [2.75, 3.05) is 12.4 Å². The Labute approximate surface area is 127 Å². The van der Waals surface area contributed by atoms with Gasteiger partial charge in [-0.25, -0.2) is 4.98 Å². The molecule has 0 unspecified atom stereocenters. The zero-order valence-electron chi connectivity index (χ0n) is 11.1. The van der Waals surface area contributed by atoms with Crippen LogP contribution in [0.2, 0.25) is 0 Å². The Balaban J connectivity index is 2.51. The molecule has 1 heterocycles. The molecule has 9 heteroatoms. The molecule has 1 N–H and O–H groups in total. The molecule has 110 valence electrons. The summed E-state index contributed by atoms with van der Waals surface area (Å²) in [5.41, 5.74) is 0.186. The zero-order chi connectivity index (χ0) is 15.6. The number of rotatable bonds is 4. The van der Waals surface area contributed by atoms with Crippen LogP contribution in [0.1, 0.15) is 5.56 Å². The first-order valence-electron chi connectivity index (χ1n) is 5.75. The van der Waals surface area contributed by atoms with Crippen LogP contribution in [0.15, 0.2) is 22.8 Å². The molecule has 0 saturated heterocycles. The predicted octanol–water partition coefficient (Wildman–Crippen LogP) is 3.43. The van der Waals surface area contributed by atoms with E-state index in [1.54, 1.807) is 20.0 Å². The summed E-state index contributed by atoms with van der Waals surface area (Å²) >= 11 is 3.17. The van der Waals surface area contributed by atoms with Gasteiger partial charge in [0.2, 0.25) is 17.5 Å². The summed E-state index contributed by atoms with van der Waals surface area (Å²) in [6.45, 7) is 1.62. The van der Waals surface area contributed by atoms with E-state index in [-0.39, 0.29) is 23.3 Å². The second-order valence-electron chi connectivity index (χ2n) is 4.03. The highest BCUT2D eigenvalue weighted by molar-refractivity contribution is 9.10. The maximum atomic E-state index is 13.7. The van der Waals surface area contributed by atoms with Gasteiger partial charge in [-0.2, -0.15) is 9.37 Å². The van der Waals surface area contributed by atoms with Crippen molar-refractivity contribution in [2.45, 2.75) is 6.92 Å². The monoisotopic (exact) mass is 356 g/mol. The van der Waals surface area contributed by atoms with E-state index >= 15 is 0 Å². The van der Waals surface area contributed by atoms with Crippen LogP contribution < -0.4 is 10.1 Å². The van der Waals surface area contributed by atoms with Crippen LogP contribution in [-0.2, 0) is 0 Å². The van der Waals surface area contributed by atoms with E-state index in [1.807, 2.05) is 0 Å². The minimum Gasteiger partial charge on any atom is -0.429 e. The van der Waals surface area contributed by atoms with Crippen molar-refractivity contribution in [3.8, 4) is 11.6 Å². The molecular weight excluding hydrogens is 347 g/mol. The highest BCUT2D eigenvalue weighted by Gasteiger charge is 2.22. The molecule has 21 heavy (non-hydrogen) atoms. The van der Waals surface area contributed by atoms with E-state index in [0.29, 0.717) is 10.0 Å². The fourth-order valence-electron chi connectivity index (χ4n) is 1.62. The number of aryl methyl sites for hydroxylation is 1. The van der Waals surface area contributed by atoms with Crippen LogP contribution in [0, 0.1) is 22.9 Å². The van der Waals surface area contributed by atoms with Gasteiger partial charge in [-0.05, 0) is 13.0 Å². The van der Waals surface area contributed by atoms with Gasteiger partial charge in [0.05, 0.1) is 11.1 Å². The number of halogens is 2. The van der Waals surface area contributed by atoms with Gasteiger partial charge in [0.15, 0.2) is 0 Å². The maximum absolute atomic E-state index is 13.7. The summed E-state index contributed by atoms with van der Waals surface area (Å²) in [6.07, 6.45) is 0.925. The first kappa shape index (κ1) is 15.1. The van der Waals surface area contributed by atoms with Crippen molar-refractivity contribution in [3.63, 3.8) is 0 Å². The Bertz CT molecular complexity index is 711. The SMILES string of the molecule is CNc1ncc(F)c(Oc2c(C)cc(Br)cc2[N+](=O)[O-])n1. The molecule has 2 rings (SSSR count). The number of anilines is 1. The highest BCUT2D eigenvalue weighted by Crippen LogP contribution is 2.37. The topological polar surface area (TPSA) is 90.2 Å². The Kier molecular flexibility index (Phi) is 4.32. The summed E-state index contributed by atoms with van der Waals surface area (Å²) in [5.74, 6) is -1.12. The molecular formula is C12H10BrFN4O3. The van der Waals surface area contributed by atoms with E-state index in [9.17, 15) is 14.5 Å². The largest absolute Gasteiger partial charge is 0.429 e. The van der Waals surface area contributed by atoms with Crippen LogP contribution in [0.3, 0.4) is 0 Å². The first-order chi connectivity index (χ1) is 9.92. The van der Waals surface area contributed by atoms with Crippen molar-refractivity contribution in [1.82, 2.24) is 9.97 Å². The normalized spacial score (nSPS) is 10.3. The standard InChI is InChI=1S/C12H10BrFN4O3/c1-6-3-7(13)4-9(18(19)20)10(6)21-11-8(14)5-16-12(15-2)17-11/h3-5H,1-2H3,(H,15,16,17). The Hall–Kier alpha value is -2.29. The first-order valence-corrected chi connectivity index (χ1v) is 6.54. The summed E-state index contributed by atoms with van der Waals surface area (Å²) in [7, 11) is 1.56. The molecule has 0 fully saturated rings. The lowest BCUT2D eigenvalue weighted by molar-refractivity contribution is -0.385. The van der Waals surface area contributed by atoms with Crippen molar-refractivity contribution in [3.05, 3.63) is 44.3 Å². The lowest BCUT2D eigenvalue weighted by Crippen LogP contribution is -2.02. The Morgan fingerprint density at radius 2 is 2.19 bits per heavy atom. The number of nitrogens with one attached hydrogen (secondary N) is 1. The molecule has 0 bridgehead atoms. The van der Waals surface area contributed by atoms with Gasteiger partial charge < -0.3 is 10.1 Å². The summed E-state index contributed by atoms with van der Waals surface area (Å²) in [5, 5.41) is 13.7. The number of hydrogen-bond donors (Lipinski definition) is 1. The Morgan fingerprint density at radius 1 is 1.48 bits per heavy atom. The number of aromatic nitrogens is 2. The lowest BCUT2D eigenvalue weighted by Gasteiger charge is -2.10. The van der Waals surface area contributed by atoms with E-state index in [0.717, 1.165) is 6.20 Å². The van der Waals surface area contributed by atoms with Crippen LogP contribution >= 0.6 is 15.9 Å². The molecule has 0 atom stereocenters. The number of hydrogen-bond acceptors (Lipinski definition) is 6. The lowest BCUT2D eigenvalue weighted by atomic mass is 10.2. The number of benzene rings is 1. The van der Waals surface area contributed by atoms with Gasteiger partial charge in [0.25, 0.3) is 5.88 Å². The molecule has 0 amide bonds. The minimum atomic E-state index is -0.814. The van der Waals surface area contributed by atoms with Gasteiger partial charge in [-0.15, -0.1) is 0 Å². The van der Waals surface area contributed by atoms with Crippen LogP contribution in [0.25, 0.3) is 0 Å². The van der Waals surface area contributed by atoms with Crippen LogP contribution in [0.5, 0.6) is 11.6 Å². The molecule has 0 aliphatic rings. The third-order valence-electron chi connectivity index (χ3n) is 2.55. The van der Waals surface area contributed by atoms with Crippen LogP contribution in [0.4, 0.5) is 16.0 Å². The fourth-order valence-corrected chi connectivity index (χ4v) is 2.18. The van der Waals surface area contributed by atoms with Gasteiger partial charge in [-0.1, -0.05) is 15.9 Å². The van der Waals surface area contributed by atoms with E-state index in [2.05, 4.69) is 31.2 Å². The summed E-state index contributed by atoms with van der Waals surface area (Å²) < 4.78 is 19.5. The van der Waals surface area contributed by atoms with E-state index < -0.39 is 10.7 Å². The number of nitro groups is 1. The quantitative estimate of drug-likeness (QED) is 0.666. The molecule has 1 aromatic heterocycles. The molecule has 0 radical (unpaired) electrons. The third-order valence-corrected chi connectivity index (χ3v) is 3.01. The van der Waals surface area contributed by atoms with Gasteiger partial charge in [0, 0.05) is 23.2 Å². The molecule has 0 spiro atoms. The molecule has 0 aliphatic heterocycles. The average molecular weight is 357 g/mol. The maximum Gasteiger partial charge on any atom is 0.313 e. The third kappa shape index (κ3) is 3.24. The van der Waals surface area contributed by atoms with Crippen LogP contribution in [-0.4, -0.2) is 21.9 Å². The smallest absolute Gasteiger partial charge is 0.313 e. The average Bonchev–Trinajstić information content (AvgIpc) is 2.43. The van der Waals surface area contributed by atoms with Crippen molar-refractivity contribution >= 4 is 27.6 Å². The van der Waals surface area contributed by atoms with E-state index in [1.165, 1.54) is 6.07 Å². The molecule has 0 saturated carbocycles. The summed E-state index contributed by atoms with van der Waals surface area (Å²) in [4.78, 5) is 18.0. The minimum absolute atomic E-state index is 0.0668. The van der Waals surface area contributed by atoms with Gasteiger partial charge in [0.1, 0.15) is 0 Å². The highest BCUT2D eigenvalue weighted by atomic mass is 79.9.